The summed E-state index contributed by atoms with van der Waals surface area (Å²) in [6, 6.07) is 15.1. The van der Waals surface area contributed by atoms with Crippen molar-refractivity contribution < 1.29 is 0 Å². The second-order valence-corrected chi connectivity index (χ2v) is 8.88. The number of nitrogens with zero attached hydrogens (tertiary/aromatic N) is 4. The van der Waals surface area contributed by atoms with Crippen molar-refractivity contribution >= 4 is 40.2 Å². The van der Waals surface area contributed by atoms with E-state index < -0.39 is 0 Å². The number of para-hydroxylation sites is 1. The van der Waals surface area contributed by atoms with Crippen LogP contribution in [0, 0.1) is 6.92 Å². The lowest BCUT2D eigenvalue weighted by atomic mass is 10.1. The lowest BCUT2D eigenvalue weighted by Crippen LogP contribution is -2.20. The molecule has 8 heteroatoms. The summed E-state index contributed by atoms with van der Waals surface area (Å²) in [4.78, 5) is 18.8. The van der Waals surface area contributed by atoms with E-state index in [9.17, 15) is 4.79 Å². The van der Waals surface area contributed by atoms with Crippen molar-refractivity contribution in [2.24, 2.45) is 12.0 Å². The van der Waals surface area contributed by atoms with Crippen molar-refractivity contribution in [3.63, 3.8) is 0 Å². The molecule has 4 rings (SSSR count). The van der Waals surface area contributed by atoms with Gasteiger partial charge in [0.1, 0.15) is 0 Å². The Balaban J connectivity index is 1.91. The van der Waals surface area contributed by atoms with E-state index in [0.717, 1.165) is 40.4 Å². The van der Waals surface area contributed by atoms with Gasteiger partial charge in [-0.1, -0.05) is 48.3 Å². The molecule has 0 spiro atoms. The van der Waals surface area contributed by atoms with E-state index in [4.69, 9.17) is 28.2 Å². The van der Waals surface area contributed by atoms with Gasteiger partial charge in [0.2, 0.25) is 0 Å². The van der Waals surface area contributed by atoms with Gasteiger partial charge in [-0.15, -0.1) is 11.3 Å². The lowest BCUT2D eigenvalue weighted by Gasteiger charge is -2.09. The molecule has 4 aromatic rings. The predicted molar refractivity (Wildman–Crippen MR) is 129 cm³/mol. The van der Waals surface area contributed by atoms with Gasteiger partial charge in [-0.25, -0.2) is 9.67 Å². The van der Waals surface area contributed by atoms with Gasteiger partial charge in [0.05, 0.1) is 22.1 Å². The first-order valence-corrected chi connectivity index (χ1v) is 11.6. The van der Waals surface area contributed by atoms with Crippen LogP contribution in [0.15, 0.2) is 63.7 Å². The molecule has 0 saturated heterocycles. The van der Waals surface area contributed by atoms with Crippen molar-refractivity contribution in [3.05, 3.63) is 84.8 Å². The first kappa shape index (κ1) is 21.7. The maximum Gasteiger partial charge on any atom is 0.297 e. The van der Waals surface area contributed by atoms with Crippen molar-refractivity contribution in [2.45, 2.75) is 26.8 Å². The maximum absolute atomic E-state index is 13.3. The Bertz CT molecular complexity index is 1360. The van der Waals surface area contributed by atoms with Crippen LogP contribution in [0.25, 0.3) is 16.9 Å². The fraction of sp³-hybridized carbons (Fsp3) is 0.217. The van der Waals surface area contributed by atoms with Gasteiger partial charge in [0, 0.05) is 29.6 Å². The molecule has 0 N–H and O–H groups in total. The molecular formula is C23H22Cl2N4OS. The molecule has 2 heterocycles. The molecule has 0 aliphatic rings. The fourth-order valence-electron chi connectivity index (χ4n) is 3.55. The van der Waals surface area contributed by atoms with Crippen LogP contribution >= 0.6 is 34.5 Å². The molecular weight excluding hydrogens is 451 g/mol. The minimum absolute atomic E-state index is 0.145. The topological polar surface area (TPSA) is 44.2 Å². The highest BCUT2D eigenvalue weighted by Crippen LogP contribution is 2.31. The third-order valence-corrected chi connectivity index (χ3v) is 6.59. The van der Waals surface area contributed by atoms with E-state index in [0.29, 0.717) is 15.7 Å². The normalized spacial score (nSPS) is 12.0. The molecule has 0 radical (unpaired) electrons. The van der Waals surface area contributed by atoms with Crippen LogP contribution < -0.4 is 10.4 Å². The van der Waals surface area contributed by atoms with Crippen LogP contribution in [0.3, 0.4) is 0 Å². The summed E-state index contributed by atoms with van der Waals surface area (Å²) in [7, 11) is 1.87. The number of hydrogen-bond donors (Lipinski definition) is 0. The molecule has 0 saturated carbocycles. The third-order valence-electron chi connectivity index (χ3n) is 5.18. The van der Waals surface area contributed by atoms with E-state index in [-0.39, 0.29) is 5.56 Å². The van der Waals surface area contributed by atoms with Crippen molar-refractivity contribution in [3.8, 4) is 16.9 Å². The summed E-state index contributed by atoms with van der Waals surface area (Å²) in [6.07, 6.45) is 0.921. The highest BCUT2D eigenvalue weighted by atomic mass is 35.5. The standard InChI is InChI=1S/C23H22Cl2N4OS/c1-4-12-28-20(18-11-10-16(24)13-19(18)25)14-31-23(28)26-21-15(2)27(3)29(22(21)30)17-8-6-5-7-9-17/h5-11,13-14H,4,12H2,1-3H3. The zero-order chi connectivity index (χ0) is 22.1. The molecule has 0 fully saturated rings. The zero-order valence-corrected chi connectivity index (χ0v) is 19.8. The number of benzene rings is 2. The maximum atomic E-state index is 13.3. The molecule has 31 heavy (non-hydrogen) atoms. The van der Waals surface area contributed by atoms with E-state index in [2.05, 4.69) is 11.5 Å². The molecule has 0 bridgehead atoms. The van der Waals surface area contributed by atoms with Gasteiger partial charge < -0.3 is 4.57 Å². The number of aromatic nitrogens is 3. The molecule has 160 valence electrons. The van der Waals surface area contributed by atoms with Crippen LogP contribution in [0.4, 0.5) is 5.69 Å². The van der Waals surface area contributed by atoms with Crippen LogP contribution in [-0.2, 0) is 13.6 Å². The van der Waals surface area contributed by atoms with E-state index >= 15 is 0 Å². The summed E-state index contributed by atoms with van der Waals surface area (Å²) in [5.41, 5.74) is 3.76. The number of rotatable bonds is 5. The summed E-state index contributed by atoms with van der Waals surface area (Å²) in [6.45, 7) is 4.78. The minimum atomic E-state index is -0.145. The van der Waals surface area contributed by atoms with Crippen molar-refractivity contribution in [2.75, 3.05) is 0 Å². The molecule has 0 aliphatic carbocycles. The summed E-state index contributed by atoms with van der Waals surface area (Å²) >= 11 is 14.0. The number of hydrogen-bond acceptors (Lipinski definition) is 3. The Morgan fingerprint density at radius 3 is 2.52 bits per heavy atom. The van der Waals surface area contributed by atoms with E-state index in [1.54, 1.807) is 10.7 Å². The molecule has 5 nitrogen and oxygen atoms in total. The predicted octanol–water partition coefficient (Wildman–Crippen LogP) is 5.96. The van der Waals surface area contributed by atoms with Crippen LogP contribution in [0.5, 0.6) is 0 Å². The van der Waals surface area contributed by atoms with E-state index in [1.165, 1.54) is 11.3 Å². The average molecular weight is 473 g/mol. The zero-order valence-electron chi connectivity index (χ0n) is 17.5. The average Bonchev–Trinajstić information content (AvgIpc) is 3.23. The van der Waals surface area contributed by atoms with Gasteiger partial charge in [-0.2, -0.15) is 0 Å². The first-order valence-electron chi connectivity index (χ1n) is 9.95. The Hall–Kier alpha value is -2.54. The Morgan fingerprint density at radius 1 is 1.10 bits per heavy atom. The number of halogens is 2. The van der Waals surface area contributed by atoms with Gasteiger partial charge in [-0.3, -0.25) is 9.48 Å². The minimum Gasteiger partial charge on any atom is -0.316 e. The van der Waals surface area contributed by atoms with Gasteiger partial charge in [0.15, 0.2) is 10.5 Å². The Labute approximate surface area is 194 Å². The van der Waals surface area contributed by atoms with Gasteiger partial charge in [0.25, 0.3) is 5.56 Å². The fourth-order valence-corrected chi connectivity index (χ4v) is 4.99. The monoisotopic (exact) mass is 472 g/mol. The van der Waals surface area contributed by atoms with Crippen LogP contribution in [-0.4, -0.2) is 13.9 Å². The second-order valence-electron chi connectivity index (χ2n) is 7.20. The second kappa shape index (κ2) is 8.91. The molecule has 2 aromatic carbocycles. The Morgan fingerprint density at radius 2 is 1.84 bits per heavy atom. The molecule has 0 aliphatic heterocycles. The Kier molecular flexibility index (Phi) is 6.23. The van der Waals surface area contributed by atoms with Crippen molar-refractivity contribution in [1.29, 1.82) is 0 Å². The van der Waals surface area contributed by atoms with Crippen LogP contribution in [0.1, 0.15) is 19.0 Å². The van der Waals surface area contributed by atoms with Crippen LogP contribution in [0.2, 0.25) is 10.0 Å². The smallest absolute Gasteiger partial charge is 0.297 e. The number of thiazole rings is 1. The highest BCUT2D eigenvalue weighted by Gasteiger charge is 2.17. The molecule has 2 aromatic heterocycles. The van der Waals surface area contributed by atoms with Gasteiger partial charge >= 0.3 is 0 Å². The largest absolute Gasteiger partial charge is 0.316 e. The summed E-state index contributed by atoms with van der Waals surface area (Å²) in [5, 5.41) is 3.21. The lowest BCUT2D eigenvalue weighted by molar-refractivity contribution is 0.630. The van der Waals surface area contributed by atoms with E-state index in [1.807, 2.05) is 66.5 Å². The SMILES string of the molecule is CCCn1c(-c2ccc(Cl)cc2Cl)csc1=Nc1c(C)n(C)n(-c2ccccc2)c1=O. The van der Waals surface area contributed by atoms with Crippen molar-refractivity contribution in [1.82, 2.24) is 13.9 Å². The molecule has 0 amide bonds. The van der Waals surface area contributed by atoms with Gasteiger partial charge in [-0.05, 0) is 43.7 Å². The summed E-state index contributed by atoms with van der Waals surface area (Å²) in [5.74, 6) is 0. The highest BCUT2D eigenvalue weighted by molar-refractivity contribution is 7.07. The quantitative estimate of drug-likeness (QED) is 0.353. The summed E-state index contributed by atoms with van der Waals surface area (Å²) < 4.78 is 5.59. The first-order chi connectivity index (χ1) is 14.9. The third kappa shape index (κ3) is 4.03. The molecule has 0 unspecified atom stereocenters. The molecule has 0 atom stereocenters.